The molecule has 0 N–H and O–H groups in total. The van der Waals surface area contributed by atoms with E-state index in [1.54, 1.807) is 20.5 Å². The smallest absolute Gasteiger partial charge is 0.226 e. The van der Waals surface area contributed by atoms with Gasteiger partial charge in [-0.25, -0.2) is 4.98 Å². The number of rotatable bonds is 7. The van der Waals surface area contributed by atoms with Crippen molar-refractivity contribution >= 4 is 6.08 Å². The molecule has 3 aromatic rings. The van der Waals surface area contributed by atoms with Gasteiger partial charge in [0.15, 0.2) is 11.5 Å². The summed E-state index contributed by atoms with van der Waals surface area (Å²) in [6.45, 7) is 2.26. The molecule has 0 fully saturated rings. The molecule has 0 aliphatic carbocycles. The molecule has 0 unspecified atom stereocenters. The van der Waals surface area contributed by atoms with Crippen molar-refractivity contribution < 1.29 is 18.6 Å². The molecule has 0 bridgehead atoms. The number of benzene rings is 2. The van der Waals surface area contributed by atoms with Crippen molar-refractivity contribution in [2.75, 3.05) is 14.2 Å². The Labute approximate surface area is 152 Å². The molecular formula is C21H21NO4. The average molecular weight is 351 g/mol. The van der Waals surface area contributed by atoms with Gasteiger partial charge in [0.2, 0.25) is 5.89 Å². The zero-order valence-electron chi connectivity index (χ0n) is 15.1. The summed E-state index contributed by atoms with van der Waals surface area (Å²) in [5.41, 5.74) is 2.64. The van der Waals surface area contributed by atoms with Gasteiger partial charge in [-0.2, -0.15) is 0 Å². The fourth-order valence-electron chi connectivity index (χ4n) is 2.49. The van der Waals surface area contributed by atoms with Crippen LogP contribution in [-0.2, 0) is 6.61 Å². The van der Waals surface area contributed by atoms with Gasteiger partial charge in [-0.05, 0) is 48.9 Å². The number of ether oxygens (including phenoxy) is 3. The Morgan fingerprint density at radius 3 is 2.50 bits per heavy atom. The SMILES string of the molecule is CC=Cc1ccc(OCc2coc(-c3ccc(OC)cc3)n2)c(OC)c1. The molecule has 5 heteroatoms. The molecule has 3 rings (SSSR count). The van der Waals surface area contributed by atoms with Gasteiger partial charge >= 0.3 is 0 Å². The van der Waals surface area contributed by atoms with Gasteiger partial charge < -0.3 is 18.6 Å². The number of nitrogens with zero attached hydrogens (tertiary/aromatic N) is 1. The highest BCUT2D eigenvalue weighted by Crippen LogP contribution is 2.29. The van der Waals surface area contributed by atoms with Crippen molar-refractivity contribution in [3.05, 3.63) is 66.1 Å². The molecule has 5 nitrogen and oxygen atoms in total. The summed E-state index contributed by atoms with van der Waals surface area (Å²) >= 11 is 0. The molecule has 0 aliphatic heterocycles. The zero-order chi connectivity index (χ0) is 18.4. The van der Waals surface area contributed by atoms with E-state index in [-0.39, 0.29) is 0 Å². The van der Waals surface area contributed by atoms with Crippen molar-refractivity contribution in [1.29, 1.82) is 0 Å². The average Bonchev–Trinajstić information content (AvgIpc) is 3.16. The number of aromatic nitrogens is 1. The molecule has 26 heavy (non-hydrogen) atoms. The minimum atomic E-state index is 0.291. The highest BCUT2D eigenvalue weighted by molar-refractivity contribution is 5.56. The summed E-state index contributed by atoms with van der Waals surface area (Å²) in [7, 11) is 3.26. The third-order valence-corrected chi connectivity index (χ3v) is 3.81. The van der Waals surface area contributed by atoms with Crippen LogP contribution in [0.1, 0.15) is 18.2 Å². The number of hydrogen-bond donors (Lipinski definition) is 0. The number of hydrogen-bond acceptors (Lipinski definition) is 5. The first-order valence-electron chi connectivity index (χ1n) is 8.26. The molecule has 1 aromatic heterocycles. The lowest BCUT2D eigenvalue weighted by atomic mass is 10.2. The normalized spacial score (nSPS) is 10.9. The minimum absolute atomic E-state index is 0.291. The van der Waals surface area contributed by atoms with Crippen molar-refractivity contribution in [1.82, 2.24) is 4.98 Å². The third-order valence-electron chi connectivity index (χ3n) is 3.81. The third kappa shape index (κ3) is 4.06. The van der Waals surface area contributed by atoms with Gasteiger partial charge in [0.1, 0.15) is 24.3 Å². The first-order valence-corrected chi connectivity index (χ1v) is 8.26. The van der Waals surface area contributed by atoms with Crippen LogP contribution in [0.15, 0.2) is 59.2 Å². The topological polar surface area (TPSA) is 53.7 Å². The minimum Gasteiger partial charge on any atom is -0.497 e. The maximum atomic E-state index is 5.84. The summed E-state index contributed by atoms with van der Waals surface area (Å²) in [4.78, 5) is 4.47. The quantitative estimate of drug-likeness (QED) is 0.601. The van der Waals surface area contributed by atoms with Crippen LogP contribution in [0.2, 0.25) is 0 Å². The molecule has 0 spiro atoms. The lowest BCUT2D eigenvalue weighted by Crippen LogP contribution is -1.98. The van der Waals surface area contributed by atoms with Crippen molar-refractivity contribution in [3.63, 3.8) is 0 Å². The van der Waals surface area contributed by atoms with E-state index >= 15 is 0 Å². The van der Waals surface area contributed by atoms with Gasteiger partial charge in [0.05, 0.1) is 14.2 Å². The van der Waals surface area contributed by atoms with Crippen LogP contribution in [0, 0.1) is 0 Å². The van der Waals surface area contributed by atoms with Gasteiger partial charge in [0.25, 0.3) is 0 Å². The van der Waals surface area contributed by atoms with Crippen molar-refractivity contribution in [3.8, 4) is 28.7 Å². The van der Waals surface area contributed by atoms with Crippen LogP contribution >= 0.6 is 0 Å². The second-order valence-corrected chi connectivity index (χ2v) is 5.57. The highest BCUT2D eigenvalue weighted by atomic mass is 16.5. The van der Waals surface area contributed by atoms with Crippen molar-refractivity contribution in [2.45, 2.75) is 13.5 Å². The highest BCUT2D eigenvalue weighted by Gasteiger charge is 2.10. The van der Waals surface area contributed by atoms with Gasteiger partial charge in [-0.3, -0.25) is 0 Å². The lowest BCUT2D eigenvalue weighted by Gasteiger charge is -2.10. The summed E-state index contributed by atoms with van der Waals surface area (Å²) in [5, 5.41) is 0. The lowest BCUT2D eigenvalue weighted by molar-refractivity contribution is 0.280. The van der Waals surface area contributed by atoms with Crippen LogP contribution in [0.4, 0.5) is 0 Å². The Morgan fingerprint density at radius 2 is 1.81 bits per heavy atom. The Morgan fingerprint density at radius 1 is 1.00 bits per heavy atom. The molecule has 0 saturated heterocycles. The monoisotopic (exact) mass is 351 g/mol. The van der Waals surface area contributed by atoms with E-state index in [0.29, 0.717) is 29.7 Å². The van der Waals surface area contributed by atoms with E-state index in [9.17, 15) is 0 Å². The molecule has 0 amide bonds. The summed E-state index contributed by atoms with van der Waals surface area (Å²) in [6.07, 6.45) is 5.58. The fourth-order valence-corrected chi connectivity index (χ4v) is 2.49. The molecular weight excluding hydrogens is 330 g/mol. The summed E-state index contributed by atoms with van der Waals surface area (Å²) < 4.78 is 21.9. The molecule has 0 atom stereocenters. The molecule has 134 valence electrons. The van der Waals surface area contributed by atoms with Crippen LogP contribution in [0.3, 0.4) is 0 Å². The van der Waals surface area contributed by atoms with E-state index in [0.717, 1.165) is 16.9 Å². The predicted molar refractivity (Wildman–Crippen MR) is 101 cm³/mol. The Bertz CT molecular complexity index is 881. The fraction of sp³-hybridized carbons (Fsp3) is 0.190. The molecule has 0 radical (unpaired) electrons. The molecule has 0 aliphatic rings. The predicted octanol–water partition coefficient (Wildman–Crippen LogP) is 4.97. The molecule has 2 aromatic carbocycles. The Balaban J connectivity index is 1.69. The first kappa shape index (κ1) is 17.6. The maximum Gasteiger partial charge on any atom is 0.226 e. The number of oxazole rings is 1. The standard InChI is InChI=1S/C21H21NO4/c1-4-5-15-6-11-19(20(12-15)24-3)25-13-17-14-26-21(22-17)16-7-9-18(23-2)10-8-16/h4-12,14H,13H2,1-3H3. The van der Waals surface area contributed by atoms with Crippen LogP contribution in [-0.4, -0.2) is 19.2 Å². The largest absolute Gasteiger partial charge is 0.497 e. The van der Waals surface area contributed by atoms with Crippen LogP contribution < -0.4 is 14.2 Å². The van der Waals surface area contributed by atoms with E-state index in [1.165, 1.54) is 0 Å². The number of methoxy groups -OCH3 is 2. The van der Waals surface area contributed by atoms with E-state index in [2.05, 4.69) is 4.98 Å². The van der Waals surface area contributed by atoms with Gasteiger partial charge in [-0.1, -0.05) is 18.2 Å². The first-order chi connectivity index (χ1) is 12.7. The molecule has 0 saturated carbocycles. The van der Waals surface area contributed by atoms with Crippen LogP contribution in [0.25, 0.3) is 17.5 Å². The van der Waals surface area contributed by atoms with Gasteiger partial charge in [-0.15, -0.1) is 0 Å². The second-order valence-electron chi connectivity index (χ2n) is 5.57. The van der Waals surface area contributed by atoms with E-state index in [1.807, 2.05) is 61.5 Å². The molecule has 1 heterocycles. The van der Waals surface area contributed by atoms with E-state index in [4.69, 9.17) is 18.6 Å². The Hall–Kier alpha value is -3.21. The summed E-state index contributed by atoms with van der Waals surface area (Å²) in [6, 6.07) is 13.3. The maximum absolute atomic E-state index is 5.84. The van der Waals surface area contributed by atoms with E-state index < -0.39 is 0 Å². The Kier molecular flexibility index (Phi) is 5.59. The van der Waals surface area contributed by atoms with Crippen molar-refractivity contribution in [2.24, 2.45) is 0 Å². The van der Waals surface area contributed by atoms with Gasteiger partial charge in [0, 0.05) is 5.56 Å². The van der Waals surface area contributed by atoms with Crippen LogP contribution in [0.5, 0.6) is 17.2 Å². The zero-order valence-corrected chi connectivity index (χ0v) is 15.1. The second kappa shape index (κ2) is 8.25. The number of allylic oxidation sites excluding steroid dienone is 1. The summed E-state index contributed by atoms with van der Waals surface area (Å²) in [5.74, 6) is 2.67.